The SMILES string of the molecule is COc1cccc(OC)c1CNS(=O)(=O)c1ccc2c(c1)CCC(C)(C)O2. The van der Waals surface area contributed by atoms with Crippen LogP contribution in [0.1, 0.15) is 31.4 Å². The van der Waals surface area contributed by atoms with E-state index in [1.165, 1.54) is 14.2 Å². The molecule has 1 aliphatic rings. The van der Waals surface area contributed by atoms with E-state index in [-0.39, 0.29) is 17.0 Å². The molecule has 1 heterocycles. The van der Waals surface area contributed by atoms with Crippen molar-refractivity contribution < 1.29 is 22.6 Å². The molecule has 6 nitrogen and oxygen atoms in total. The third-order valence-electron chi connectivity index (χ3n) is 4.69. The Morgan fingerprint density at radius 1 is 1.11 bits per heavy atom. The number of methoxy groups -OCH3 is 2. The van der Waals surface area contributed by atoms with Crippen LogP contribution in [0.15, 0.2) is 41.3 Å². The van der Waals surface area contributed by atoms with Gasteiger partial charge in [-0.05, 0) is 62.6 Å². The lowest BCUT2D eigenvalue weighted by atomic mass is 9.94. The average molecular weight is 391 g/mol. The highest BCUT2D eigenvalue weighted by Crippen LogP contribution is 2.34. The quantitative estimate of drug-likeness (QED) is 0.818. The summed E-state index contributed by atoms with van der Waals surface area (Å²) < 4.78 is 44.8. The first-order chi connectivity index (χ1) is 12.8. The van der Waals surface area contributed by atoms with Gasteiger partial charge in [0.15, 0.2) is 0 Å². The molecular formula is C20H25NO5S. The summed E-state index contributed by atoms with van der Waals surface area (Å²) >= 11 is 0. The average Bonchev–Trinajstić information content (AvgIpc) is 2.64. The van der Waals surface area contributed by atoms with Crippen LogP contribution in [0.25, 0.3) is 0 Å². The molecule has 0 saturated heterocycles. The van der Waals surface area contributed by atoms with Crippen molar-refractivity contribution in [3.8, 4) is 17.2 Å². The van der Waals surface area contributed by atoms with E-state index in [9.17, 15) is 8.42 Å². The van der Waals surface area contributed by atoms with Gasteiger partial charge < -0.3 is 14.2 Å². The second-order valence-electron chi connectivity index (χ2n) is 7.10. The Morgan fingerprint density at radius 3 is 2.41 bits per heavy atom. The maximum atomic E-state index is 12.8. The Bertz CT molecular complexity index is 915. The maximum Gasteiger partial charge on any atom is 0.240 e. The highest BCUT2D eigenvalue weighted by Gasteiger charge is 2.28. The molecule has 7 heteroatoms. The monoisotopic (exact) mass is 391 g/mol. The number of ether oxygens (including phenoxy) is 3. The van der Waals surface area contributed by atoms with Gasteiger partial charge in [-0.1, -0.05) is 6.07 Å². The van der Waals surface area contributed by atoms with Gasteiger partial charge in [0.1, 0.15) is 22.8 Å². The van der Waals surface area contributed by atoms with Gasteiger partial charge in [0.05, 0.1) is 24.7 Å². The highest BCUT2D eigenvalue weighted by atomic mass is 32.2. The van der Waals surface area contributed by atoms with Crippen molar-refractivity contribution in [2.24, 2.45) is 0 Å². The highest BCUT2D eigenvalue weighted by molar-refractivity contribution is 7.89. The summed E-state index contributed by atoms with van der Waals surface area (Å²) in [6, 6.07) is 10.3. The lowest BCUT2D eigenvalue weighted by Crippen LogP contribution is -2.32. The molecule has 0 fully saturated rings. The number of hydrogen-bond acceptors (Lipinski definition) is 5. The minimum atomic E-state index is -3.69. The summed E-state index contributed by atoms with van der Waals surface area (Å²) in [5.74, 6) is 1.88. The maximum absolute atomic E-state index is 12.8. The molecule has 0 saturated carbocycles. The van der Waals surface area contributed by atoms with Gasteiger partial charge in [0.25, 0.3) is 0 Å². The third-order valence-corrected chi connectivity index (χ3v) is 6.09. The largest absolute Gasteiger partial charge is 0.496 e. The third kappa shape index (κ3) is 4.20. The summed E-state index contributed by atoms with van der Waals surface area (Å²) in [6.07, 6.45) is 1.63. The van der Waals surface area contributed by atoms with E-state index < -0.39 is 10.0 Å². The van der Waals surface area contributed by atoms with E-state index in [0.29, 0.717) is 17.1 Å². The summed E-state index contributed by atoms with van der Waals surface area (Å²) in [7, 11) is -0.608. The van der Waals surface area contributed by atoms with Crippen molar-refractivity contribution in [1.29, 1.82) is 0 Å². The molecular weight excluding hydrogens is 366 g/mol. The lowest BCUT2D eigenvalue weighted by Gasteiger charge is -2.32. The zero-order chi connectivity index (χ0) is 19.7. The number of nitrogens with one attached hydrogen (secondary N) is 1. The Labute approximate surface area is 160 Å². The molecule has 1 aliphatic heterocycles. The van der Waals surface area contributed by atoms with Crippen molar-refractivity contribution in [2.45, 2.75) is 43.7 Å². The Morgan fingerprint density at radius 2 is 1.78 bits per heavy atom. The number of benzene rings is 2. The van der Waals surface area contributed by atoms with E-state index >= 15 is 0 Å². The van der Waals surface area contributed by atoms with Crippen LogP contribution in [-0.2, 0) is 23.0 Å². The van der Waals surface area contributed by atoms with Crippen molar-refractivity contribution in [2.75, 3.05) is 14.2 Å². The lowest BCUT2D eigenvalue weighted by molar-refractivity contribution is 0.0845. The Balaban J connectivity index is 1.83. The molecule has 1 N–H and O–H groups in total. The summed E-state index contributed by atoms with van der Waals surface area (Å²) in [5, 5.41) is 0. The molecule has 0 amide bonds. The number of rotatable bonds is 6. The van der Waals surface area contributed by atoms with Crippen LogP contribution in [-0.4, -0.2) is 28.2 Å². The fraction of sp³-hybridized carbons (Fsp3) is 0.400. The first-order valence-electron chi connectivity index (χ1n) is 8.77. The van der Waals surface area contributed by atoms with Crippen molar-refractivity contribution in [3.05, 3.63) is 47.5 Å². The number of aryl methyl sites for hydroxylation is 1. The summed E-state index contributed by atoms with van der Waals surface area (Å²) in [4.78, 5) is 0.221. The van der Waals surface area contributed by atoms with Crippen LogP contribution in [0.4, 0.5) is 0 Å². The molecule has 0 unspecified atom stereocenters. The Kier molecular flexibility index (Phi) is 5.35. The van der Waals surface area contributed by atoms with Crippen LogP contribution in [0.5, 0.6) is 17.2 Å². The number of sulfonamides is 1. The van der Waals surface area contributed by atoms with Gasteiger partial charge in [-0.2, -0.15) is 0 Å². The van der Waals surface area contributed by atoms with E-state index in [0.717, 1.165) is 24.2 Å². The minimum Gasteiger partial charge on any atom is -0.496 e. The predicted molar refractivity (Wildman–Crippen MR) is 103 cm³/mol. The molecule has 0 bridgehead atoms. The van der Waals surface area contributed by atoms with Gasteiger partial charge in [0.2, 0.25) is 10.0 Å². The fourth-order valence-corrected chi connectivity index (χ4v) is 4.20. The van der Waals surface area contributed by atoms with Crippen LogP contribution in [0.2, 0.25) is 0 Å². The second-order valence-corrected chi connectivity index (χ2v) is 8.86. The van der Waals surface area contributed by atoms with Crippen LogP contribution in [0.3, 0.4) is 0 Å². The van der Waals surface area contributed by atoms with Crippen LogP contribution >= 0.6 is 0 Å². The van der Waals surface area contributed by atoms with Gasteiger partial charge in [-0.15, -0.1) is 0 Å². The van der Waals surface area contributed by atoms with Gasteiger partial charge in [0, 0.05) is 6.54 Å². The Hall–Kier alpha value is -2.25. The molecule has 0 spiro atoms. The smallest absolute Gasteiger partial charge is 0.240 e. The molecule has 0 aromatic heterocycles. The molecule has 146 valence electrons. The van der Waals surface area contributed by atoms with Crippen molar-refractivity contribution in [3.63, 3.8) is 0 Å². The first-order valence-corrected chi connectivity index (χ1v) is 10.3. The summed E-state index contributed by atoms with van der Waals surface area (Å²) in [6.45, 7) is 4.13. The molecule has 2 aromatic rings. The number of hydrogen-bond donors (Lipinski definition) is 1. The van der Waals surface area contributed by atoms with E-state index in [4.69, 9.17) is 14.2 Å². The van der Waals surface area contributed by atoms with Gasteiger partial charge >= 0.3 is 0 Å². The van der Waals surface area contributed by atoms with E-state index in [1.807, 2.05) is 13.8 Å². The fourth-order valence-electron chi connectivity index (χ4n) is 3.16. The standard InChI is InChI=1S/C20H25NO5S/c1-20(2)11-10-14-12-15(8-9-17(14)26-20)27(22,23)21-13-16-18(24-3)6-5-7-19(16)25-4/h5-9,12,21H,10-11,13H2,1-4H3. The first kappa shape index (κ1) is 19.5. The molecule has 2 aromatic carbocycles. The van der Waals surface area contributed by atoms with Gasteiger partial charge in [-0.25, -0.2) is 13.1 Å². The predicted octanol–water partition coefficient (Wildman–Crippen LogP) is 3.29. The molecule has 0 aliphatic carbocycles. The zero-order valence-electron chi connectivity index (χ0n) is 16.0. The van der Waals surface area contributed by atoms with Crippen LogP contribution < -0.4 is 18.9 Å². The van der Waals surface area contributed by atoms with E-state index in [2.05, 4.69) is 4.72 Å². The summed E-state index contributed by atoms with van der Waals surface area (Å²) in [5.41, 5.74) is 1.33. The number of fused-ring (bicyclic) bond motifs is 1. The normalized spacial score (nSPS) is 15.6. The van der Waals surface area contributed by atoms with E-state index in [1.54, 1.807) is 36.4 Å². The van der Waals surface area contributed by atoms with Crippen molar-refractivity contribution >= 4 is 10.0 Å². The van der Waals surface area contributed by atoms with Crippen molar-refractivity contribution in [1.82, 2.24) is 4.72 Å². The molecule has 3 rings (SSSR count). The molecule has 0 radical (unpaired) electrons. The zero-order valence-corrected chi connectivity index (χ0v) is 16.9. The topological polar surface area (TPSA) is 73.9 Å². The second kappa shape index (κ2) is 7.40. The minimum absolute atomic E-state index is 0.0656. The van der Waals surface area contributed by atoms with Crippen LogP contribution in [0, 0.1) is 0 Å². The van der Waals surface area contributed by atoms with Gasteiger partial charge in [-0.3, -0.25) is 0 Å². The molecule has 27 heavy (non-hydrogen) atoms. The molecule has 0 atom stereocenters.